The first-order chi connectivity index (χ1) is 8.81. The second-order valence-corrected chi connectivity index (χ2v) is 4.73. The van der Waals surface area contributed by atoms with Crippen LogP contribution in [0.3, 0.4) is 0 Å². The van der Waals surface area contributed by atoms with Gasteiger partial charge in [-0.1, -0.05) is 6.08 Å². The van der Waals surface area contributed by atoms with Crippen molar-refractivity contribution < 1.29 is 9.53 Å². The lowest BCUT2D eigenvalue weighted by Crippen LogP contribution is -1.98. The molecule has 96 valence electrons. The van der Waals surface area contributed by atoms with Crippen LogP contribution in [0.5, 0.6) is 5.75 Å². The van der Waals surface area contributed by atoms with E-state index in [0.717, 1.165) is 42.7 Å². The van der Waals surface area contributed by atoms with Crippen molar-refractivity contribution in [2.75, 3.05) is 6.61 Å². The molecular weight excluding hydrogens is 224 g/mol. The quantitative estimate of drug-likeness (QED) is 0.536. The summed E-state index contributed by atoms with van der Waals surface area (Å²) in [4.78, 5) is 11.5. The topological polar surface area (TPSA) is 26.3 Å². The molecule has 0 saturated carbocycles. The highest BCUT2D eigenvalue weighted by Crippen LogP contribution is 2.26. The van der Waals surface area contributed by atoms with E-state index in [9.17, 15) is 4.79 Å². The second kappa shape index (κ2) is 6.39. The molecule has 1 aliphatic carbocycles. The van der Waals surface area contributed by atoms with E-state index in [4.69, 9.17) is 4.74 Å². The molecule has 1 aromatic rings. The number of carbonyl (C=O) groups is 1. The van der Waals surface area contributed by atoms with Crippen LogP contribution >= 0.6 is 0 Å². The number of unbranched alkanes of at least 4 members (excludes halogenated alkanes) is 3. The maximum Gasteiger partial charge on any atom is 0.163 e. The van der Waals surface area contributed by atoms with E-state index in [1.54, 1.807) is 0 Å². The van der Waals surface area contributed by atoms with Gasteiger partial charge in [-0.3, -0.25) is 4.79 Å². The normalized spacial score (nSPS) is 13.4. The minimum absolute atomic E-state index is 0.265. The first kappa shape index (κ1) is 12.9. The molecule has 0 spiro atoms. The smallest absolute Gasteiger partial charge is 0.163 e. The molecule has 2 nitrogen and oxygen atoms in total. The maximum absolute atomic E-state index is 11.5. The van der Waals surface area contributed by atoms with Gasteiger partial charge in [0.2, 0.25) is 0 Å². The van der Waals surface area contributed by atoms with E-state index in [1.807, 2.05) is 24.3 Å². The van der Waals surface area contributed by atoms with Crippen molar-refractivity contribution in [2.24, 2.45) is 0 Å². The number of fused-ring (bicyclic) bond motifs is 1. The third kappa shape index (κ3) is 3.22. The number of hydrogen-bond acceptors (Lipinski definition) is 2. The van der Waals surface area contributed by atoms with Crippen LogP contribution in [0.25, 0.3) is 0 Å². The van der Waals surface area contributed by atoms with E-state index < -0.39 is 0 Å². The summed E-state index contributed by atoms with van der Waals surface area (Å²) in [6.45, 7) is 4.46. The molecule has 18 heavy (non-hydrogen) atoms. The van der Waals surface area contributed by atoms with Gasteiger partial charge in [0.1, 0.15) is 5.75 Å². The summed E-state index contributed by atoms with van der Waals surface area (Å²) in [6, 6.07) is 5.83. The summed E-state index contributed by atoms with van der Waals surface area (Å²) >= 11 is 0. The molecule has 0 fully saturated rings. The minimum Gasteiger partial charge on any atom is -0.494 e. The zero-order valence-electron chi connectivity index (χ0n) is 10.8. The molecule has 0 bridgehead atoms. The number of rotatable bonds is 7. The predicted octanol–water partition coefficient (Wildman–Crippen LogP) is 3.94. The highest BCUT2D eigenvalue weighted by atomic mass is 16.5. The van der Waals surface area contributed by atoms with Crippen LogP contribution < -0.4 is 4.74 Å². The molecular formula is C16H20O2. The Morgan fingerprint density at radius 1 is 1.22 bits per heavy atom. The number of aryl methyl sites for hydroxylation is 1. The molecule has 0 aliphatic heterocycles. The summed E-state index contributed by atoms with van der Waals surface area (Å²) < 4.78 is 5.71. The number of allylic oxidation sites excluding steroid dienone is 1. The lowest BCUT2D eigenvalue weighted by atomic mass is 10.1. The average molecular weight is 244 g/mol. The maximum atomic E-state index is 11.5. The van der Waals surface area contributed by atoms with Crippen molar-refractivity contribution in [2.45, 2.75) is 38.5 Å². The molecule has 0 saturated heterocycles. The van der Waals surface area contributed by atoms with Crippen molar-refractivity contribution in [3.8, 4) is 5.75 Å². The molecule has 1 aliphatic rings. The van der Waals surface area contributed by atoms with Crippen molar-refractivity contribution >= 4 is 5.78 Å². The average Bonchev–Trinajstić information content (AvgIpc) is 2.75. The largest absolute Gasteiger partial charge is 0.494 e. The number of benzene rings is 1. The number of ether oxygens (including phenoxy) is 1. The Morgan fingerprint density at radius 3 is 2.94 bits per heavy atom. The van der Waals surface area contributed by atoms with Gasteiger partial charge in [-0.25, -0.2) is 0 Å². The third-order valence-corrected chi connectivity index (χ3v) is 3.32. The van der Waals surface area contributed by atoms with E-state index in [1.165, 1.54) is 12.8 Å². The number of carbonyl (C=O) groups excluding carboxylic acids is 1. The Balaban J connectivity index is 1.77. The second-order valence-electron chi connectivity index (χ2n) is 4.73. The molecule has 0 N–H and O–H groups in total. The van der Waals surface area contributed by atoms with E-state index >= 15 is 0 Å². The summed E-state index contributed by atoms with van der Waals surface area (Å²) in [5.41, 5.74) is 2.03. The first-order valence-electron chi connectivity index (χ1n) is 6.71. The monoisotopic (exact) mass is 244 g/mol. The molecule has 0 amide bonds. The van der Waals surface area contributed by atoms with Gasteiger partial charge in [0.05, 0.1) is 6.61 Å². The fraction of sp³-hybridized carbons (Fsp3) is 0.438. The summed E-state index contributed by atoms with van der Waals surface area (Å²) in [5.74, 6) is 1.16. The minimum atomic E-state index is 0.265. The van der Waals surface area contributed by atoms with Gasteiger partial charge in [0.15, 0.2) is 5.78 Å². The summed E-state index contributed by atoms with van der Waals surface area (Å²) in [6.07, 6.45) is 8.00. The van der Waals surface area contributed by atoms with Crippen LogP contribution in [0, 0.1) is 0 Å². The Hall–Kier alpha value is -1.57. The lowest BCUT2D eigenvalue weighted by molar-refractivity contribution is 0.0994. The van der Waals surface area contributed by atoms with E-state index in [-0.39, 0.29) is 5.78 Å². The van der Waals surface area contributed by atoms with Gasteiger partial charge in [0, 0.05) is 12.0 Å². The van der Waals surface area contributed by atoms with Crippen LogP contribution in [0.15, 0.2) is 30.9 Å². The van der Waals surface area contributed by atoms with E-state index in [2.05, 4.69) is 6.58 Å². The molecule has 2 heteroatoms. The van der Waals surface area contributed by atoms with Crippen LogP contribution in [-0.2, 0) is 6.42 Å². The third-order valence-electron chi connectivity index (χ3n) is 3.32. The van der Waals surface area contributed by atoms with Crippen LogP contribution in [0.1, 0.15) is 48.0 Å². The Bertz CT molecular complexity index is 435. The molecule has 0 unspecified atom stereocenters. The molecule has 0 radical (unpaired) electrons. The van der Waals surface area contributed by atoms with Crippen LogP contribution in [0.4, 0.5) is 0 Å². The lowest BCUT2D eigenvalue weighted by Gasteiger charge is -2.07. The van der Waals surface area contributed by atoms with E-state index in [0.29, 0.717) is 6.42 Å². The van der Waals surface area contributed by atoms with Crippen molar-refractivity contribution in [3.63, 3.8) is 0 Å². The SMILES string of the molecule is C=CCCCCCOc1ccc2c(c1)CCC2=O. The fourth-order valence-corrected chi connectivity index (χ4v) is 2.28. The highest BCUT2D eigenvalue weighted by Gasteiger charge is 2.19. The first-order valence-corrected chi connectivity index (χ1v) is 6.71. The zero-order valence-corrected chi connectivity index (χ0v) is 10.8. The van der Waals surface area contributed by atoms with Gasteiger partial charge in [-0.2, -0.15) is 0 Å². The van der Waals surface area contributed by atoms with Crippen LogP contribution in [-0.4, -0.2) is 12.4 Å². The molecule has 1 aromatic carbocycles. The molecule has 0 atom stereocenters. The van der Waals surface area contributed by atoms with Gasteiger partial charge in [-0.15, -0.1) is 6.58 Å². The summed E-state index contributed by atoms with van der Waals surface area (Å²) in [5, 5.41) is 0. The number of Topliss-reactive ketones (excluding diaryl/α,β-unsaturated/α-hetero) is 1. The van der Waals surface area contributed by atoms with Crippen molar-refractivity contribution in [3.05, 3.63) is 42.0 Å². The fourth-order valence-electron chi connectivity index (χ4n) is 2.28. The van der Waals surface area contributed by atoms with Crippen molar-refractivity contribution in [1.29, 1.82) is 0 Å². The van der Waals surface area contributed by atoms with Crippen molar-refractivity contribution in [1.82, 2.24) is 0 Å². The Kier molecular flexibility index (Phi) is 4.57. The summed E-state index contributed by atoms with van der Waals surface area (Å²) in [7, 11) is 0. The highest BCUT2D eigenvalue weighted by molar-refractivity contribution is 6.00. The van der Waals surface area contributed by atoms with Gasteiger partial charge in [0.25, 0.3) is 0 Å². The zero-order chi connectivity index (χ0) is 12.8. The molecule has 0 heterocycles. The predicted molar refractivity (Wildman–Crippen MR) is 73.3 cm³/mol. The molecule has 0 aromatic heterocycles. The number of ketones is 1. The standard InChI is InChI=1S/C16H20O2/c1-2-3-4-5-6-11-18-14-8-9-15-13(12-14)7-10-16(15)17/h2,8-9,12H,1,3-7,10-11H2. The Labute approximate surface area is 109 Å². The number of hydrogen-bond donors (Lipinski definition) is 0. The van der Waals surface area contributed by atoms with Gasteiger partial charge >= 0.3 is 0 Å². The van der Waals surface area contributed by atoms with Gasteiger partial charge < -0.3 is 4.74 Å². The van der Waals surface area contributed by atoms with Gasteiger partial charge in [-0.05, 0) is 55.9 Å². The molecule has 2 rings (SSSR count). The Morgan fingerprint density at radius 2 is 2.11 bits per heavy atom. The van der Waals surface area contributed by atoms with Crippen LogP contribution in [0.2, 0.25) is 0 Å².